The van der Waals surface area contributed by atoms with Crippen LogP contribution in [-0.2, 0) is 22.6 Å². The predicted molar refractivity (Wildman–Crippen MR) is 151 cm³/mol. The zero-order valence-corrected chi connectivity index (χ0v) is 24.0. The quantitative estimate of drug-likeness (QED) is 0.306. The topological polar surface area (TPSA) is 96.1 Å². The van der Waals surface area contributed by atoms with Crippen molar-refractivity contribution in [3.8, 4) is 5.75 Å². The summed E-state index contributed by atoms with van der Waals surface area (Å²) in [5.74, 6) is 0.683. The third kappa shape index (κ3) is 10.8. The van der Waals surface area contributed by atoms with Crippen LogP contribution in [0.25, 0.3) is 0 Å². The van der Waals surface area contributed by atoms with Crippen molar-refractivity contribution in [2.45, 2.75) is 71.1 Å². The fourth-order valence-electron chi connectivity index (χ4n) is 4.29. The SMILES string of the molecule is CCCN(CCC)C(=O)CCCC(=O)N(Cc1cccc(OC)c1)C[C@@H](O)[C@@H](N)Cc1cccc(Br)c1. The molecule has 0 saturated heterocycles. The molecule has 8 heteroatoms. The van der Waals surface area contributed by atoms with Crippen molar-refractivity contribution in [3.63, 3.8) is 0 Å². The summed E-state index contributed by atoms with van der Waals surface area (Å²) in [5.41, 5.74) is 8.25. The molecule has 0 heterocycles. The average molecular weight is 577 g/mol. The first-order valence-corrected chi connectivity index (χ1v) is 13.9. The molecule has 2 atom stereocenters. The van der Waals surface area contributed by atoms with E-state index in [1.54, 1.807) is 12.0 Å². The van der Waals surface area contributed by atoms with Crippen molar-refractivity contribution < 1.29 is 19.4 Å². The van der Waals surface area contributed by atoms with Crippen LogP contribution in [0.5, 0.6) is 5.75 Å². The Bertz CT molecular complexity index is 981. The maximum absolute atomic E-state index is 13.3. The lowest BCUT2D eigenvalue weighted by molar-refractivity contribution is -0.134. The maximum atomic E-state index is 13.3. The summed E-state index contributed by atoms with van der Waals surface area (Å²) in [6.45, 7) is 6.03. The van der Waals surface area contributed by atoms with Crippen molar-refractivity contribution in [3.05, 3.63) is 64.1 Å². The van der Waals surface area contributed by atoms with E-state index in [0.717, 1.165) is 41.5 Å². The van der Waals surface area contributed by atoms with Gasteiger partial charge in [0.2, 0.25) is 11.8 Å². The lowest BCUT2D eigenvalue weighted by Crippen LogP contribution is -2.46. The number of nitrogens with two attached hydrogens (primary N) is 1. The third-order valence-electron chi connectivity index (χ3n) is 6.24. The molecule has 2 rings (SSSR count). The van der Waals surface area contributed by atoms with E-state index in [-0.39, 0.29) is 24.8 Å². The van der Waals surface area contributed by atoms with Gasteiger partial charge in [-0.1, -0.05) is 54.0 Å². The largest absolute Gasteiger partial charge is 0.497 e. The zero-order chi connectivity index (χ0) is 27.2. The third-order valence-corrected chi connectivity index (χ3v) is 6.74. The van der Waals surface area contributed by atoms with Crippen molar-refractivity contribution in [2.75, 3.05) is 26.7 Å². The summed E-state index contributed by atoms with van der Waals surface area (Å²) in [7, 11) is 1.60. The normalized spacial score (nSPS) is 12.6. The lowest BCUT2D eigenvalue weighted by atomic mass is 10.0. The highest BCUT2D eigenvalue weighted by atomic mass is 79.9. The van der Waals surface area contributed by atoms with Crippen LogP contribution in [0.3, 0.4) is 0 Å². The van der Waals surface area contributed by atoms with Gasteiger partial charge in [-0.05, 0) is 61.1 Å². The Hall–Kier alpha value is -2.42. The van der Waals surface area contributed by atoms with E-state index >= 15 is 0 Å². The van der Waals surface area contributed by atoms with E-state index in [1.807, 2.05) is 53.4 Å². The Morgan fingerprint density at radius 3 is 2.22 bits per heavy atom. The van der Waals surface area contributed by atoms with Crippen molar-refractivity contribution in [1.82, 2.24) is 9.80 Å². The van der Waals surface area contributed by atoms with Crippen LogP contribution >= 0.6 is 15.9 Å². The highest BCUT2D eigenvalue weighted by molar-refractivity contribution is 9.10. The maximum Gasteiger partial charge on any atom is 0.222 e. The van der Waals surface area contributed by atoms with E-state index < -0.39 is 12.1 Å². The molecule has 7 nitrogen and oxygen atoms in total. The minimum absolute atomic E-state index is 0.0897. The molecule has 0 unspecified atom stereocenters. The lowest BCUT2D eigenvalue weighted by Gasteiger charge is -2.29. The molecule has 0 spiro atoms. The van der Waals surface area contributed by atoms with E-state index in [0.29, 0.717) is 31.6 Å². The Kier molecular flexibility index (Phi) is 13.7. The molecule has 0 aliphatic heterocycles. The summed E-state index contributed by atoms with van der Waals surface area (Å²) in [4.78, 5) is 29.4. The van der Waals surface area contributed by atoms with Crippen LogP contribution in [0, 0.1) is 0 Å². The molecule has 0 aliphatic carbocycles. The van der Waals surface area contributed by atoms with Gasteiger partial charge < -0.3 is 25.4 Å². The Morgan fingerprint density at radius 1 is 0.973 bits per heavy atom. The molecule has 2 aromatic rings. The molecule has 0 fully saturated rings. The average Bonchev–Trinajstić information content (AvgIpc) is 2.88. The molecule has 2 aromatic carbocycles. The number of benzene rings is 2. The minimum Gasteiger partial charge on any atom is -0.497 e. The van der Waals surface area contributed by atoms with Gasteiger partial charge in [0.1, 0.15) is 5.75 Å². The van der Waals surface area contributed by atoms with Gasteiger partial charge in [0.15, 0.2) is 0 Å². The number of carbonyl (C=O) groups is 2. The Morgan fingerprint density at radius 2 is 1.59 bits per heavy atom. The summed E-state index contributed by atoms with van der Waals surface area (Å²) in [6.07, 6.45) is 2.45. The number of hydrogen-bond donors (Lipinski definition) is 2. The van der Waals surface area contributed by atoms with E-state index in [9.17, 15) is 14.7 Å². The molecule has 0 aliphatic rings. The minimum atomic E-state index is -0.903. The number of halogens is 1. The van der Waals surface area contributed by atoms with Crippen molar-refractivity contribution in [2.24, 2.45) is 5.73 Å². The number of ether oxygens (including phenoxy) is 1. The number of aliphatic hydroxyl groups is 1. The Balaban J connectivity index is 2.06. The molecule has 37 heavy (non-hydrogen) atoms. The Labute approximate surface area is 230 Å². The van der Waals surface area contributed by atoms with Gasteiger partial charge in [-0.25, -0.2) is 0 Å². The zero-order valence-electron chi connectivity index (χ0n) is 22.4. The summed E-state index contributed by atoms with van der Waals surface area (Å²) in [5, 5.41) is 10.9. The van der Waals surface area contributed by atoms with Crippen LogP contribution in [0.2, 0.25) is 0 Å². The molecule has 0 saturated carbocycles. The van der Waals surface area contributed by atoms with Gasteiger partial charge in [0.25, 0.3) is 0 Å². The van der Waals surface area contributed by atoms with Gasteiger partial charge in [-0.3, -0.25) is 9.59 Å². The van der Waals surface area contributed by atoms with E-state index in [4.69, 9.17) is 10.5 Å². The number of carbonyl (C=O) groups excluding carboxylic acids is 2. The molecular formula is C29H42BrN3O4. The highest BCUT2D eigenvalue weighted by Crippen LogP contribution is 2.18. The fourth-order valence-corrected chi connectivity index (χ4v) is 4.73. The van der Waals surface area contributed by atoms with Gasteiger partial charge >= 0.3 is 0 Å². The van der Waals surface area contributed by atoms with Crippen LogP contribution in [0.4, 0.5) is 0 Å². The second-order valence-electron chi connectivity index (χ2n) is 9.43. The van der Waals surface area contributed by atoms with Crippen LogP contribution < -0.4 is 10.5 Å². The van der Waals surface area contributed by atoms with Gasteiger partial charge in [0, 0.05) is 49.5 Å². The molecule has 3 N–H and O–H groups in total. The standard InChI is InChI=1S/C29H42BrN3O4/c1-4-15-32(16-5-2)28(35)13-8-14-29(36)33(20-23-10-7-12-25(18-23)37-3)21-27(34)26(31)19-22-9-6-11-24(30)17-22/h6-7,9-12,17-18,26-27,34H,4-5,8,13-16,19-21,31H2,1-3H3/t26-,27+/m0/s1. The molecule has 2 amide bonds. The van der Waals surface area contributed by atoms with Gasteiger partial charge in [-0.2, -0.15) is 0 Å². The summed E-state index contributed by atoms with van der Waals surface area (Å²) < 4.78 is 6.28. The van der Waals surface area contributed by atoms with Gasteiger partial charge in [-0.15, -0.1) is 0 Å². The molecular weight excluding hydrogens is 534 g/mol. The van der Waals surface area contributed by atoms with Crippen LogP contribution in [0.15, 0.2) is 53.0 Å². The van der Waals surface area contributed by atoms with E-state index in [2.05, 4.69) is 29.8 Å². The first kappa shape index (κ1) is 30.8. The number of nitrogens with zero attached hydrogens (tertiary/aromatic N) is 2. The summed E-state index contributed by atoms with van der Waals surface area (Å²) >= 11 is 3.46. The van der Waals surface area contributed by atoms with Crippen molar-refractivity contribution >= 4 is 27.7 Å². The smallest absolute Gasteiger partial charge is 0.222 e. The van der Waals surface area contributed by atoms with Crippen molar-refractivity contribution in [1.29, 1.82) is 0 Å². The number of aliphatic hydroxyl groups excluding tert-OH is 1. The number of rotatable bonds is 16. The molecule has 0 bridgehead atoms. The summed E-state index contributed by atoms with van der Waals surface area (Å²) in [6, 6.07) is 14.8. The number of hydrogen-bond acceptors (Lipinski definition) is 5. The number of methoxy groups -OCH3 is 1. The first-order chi connectivity index (χ1) is 17.8. The molecule has 0 radical (unpaired) electrons. The molecule has 204 valence electrons. The highest BCUT2D eigenvalue weighted by Gasteiger charge is 2.23. The van der Waals surface area contributed by atoms with Crippen LogP contribution in [-0.4, -0.2) is 65.6 Å². The second-order valence-corrected chi connectivity index (χ2v) is 10.3. The van der Waals surface area contributed by atoms with E-state index in [1.165, 1.54) is 0 Å². The van der Waals surface area contributed by atoms with Crippen LogP contribution in [0.1, 0.15) is 57.1 Å². The second kappa shape index (κ2) is 16.4. The number of amides is 2. The first-order valence-electron chi connectivity index (χ1n) is 13.1. The monoisotopic (exact) mass is 575 g/mol. The fraction of sp³-hybridized carbons (Fsp3) is 0.517. The van der Waals surface area contributed by atoms with Gasteiger partial charge in [0.05, 0.1) is 13.2 Å². The predicted octanol–water partition coefficient (Wildman–Crippen LogP) is 4.54. The molecule has 0 aromatic heterocycles.